The number of halogens is 2. The van der Waals surface area contributed by atoms with E-state index in [1.165, 1.54) is 6.07 Å². The molecule has 3 heteroatoms. The van der Waals surface area contributed by atoms with Gasteiger partial charge >= 0.3 is 0 Å². The molecule has 0 heterocycles. The highest BCUT2D eigenvalue weighted by molar-refractivity contribution is 5.99. The summed E-state index contributed by atoms with van der Waals surface area (Å²) >= 11 is 0. The molecule has 1 aliphatic carbocycles. The molecular formula is C14H16F2O. The maximum atomic E-state index is 13.5. The lowest BCUT2D eigenvalue weighted by atomic mass is 9.77. The fraction of sp³-hybridized carbons (Fsp3) is 0.500. The van der Waals surface area contributed by atoms with Crippen LogP contribution < -0.4 is 0 Å². The first-order chi connectivity index (χ1) is 7.93. The Balaban J connectivity index is 2.38. The zero-order valence-electron chi connectivity index (χ0n) is 10.1. The lowest BCUT2D eigenvalue weighted by Crippen LogP contribution is -2.27. The fourth-order valence-corrected chi connectivity index (χ4v) is 2.72. The molecule has 0 saturated heterocycles. The van der Waals surface area contributed by atoms with Crippen LogP contribution in [0.4, 0.5) is 8.78 Å². The van der Waals surface area contributed by atoms with Crippen molar-refractivity contribution in [1.82, 2.24) is 0 Å². The molecule has 0 aliphatic heterocycles. The van der Waals surface area contributed by atoms with Crippen LogP contribution in [0.1, 0.15) is 43.5 Å². The Morgan fingerprint density at radius 2 is 1.88 bits per heavy atom. The van der Waals surface area contributed by atoms with Gasteiger partial charge in [0.05, 0.1) is 5.56 Å². The zero-order chi connectivity index (χ0) is 12.6. The second-order valence-corrected chi connectivity index (χ2v) is 5.39. The van der Waals surface area contributed by atoms with E-state index < -0.39 is 11.6 Å². The van der Waals surface area contributed by atoms with Crippen molar-refractivity contribution < 1.29 is 13.6 Å². The molecule has 92 valence electrons. The highest BCUT2D eigenvalue weighted by atomic mass is 19.1. The van der Waals surface area contributed by atoms with E-state index >= 15 is 0 Å². The van der Waals surface area contributed by atoms with E-state index in [0.717, 1.165) is 31.4 Å². The number of hydrogen-bond acceptors (Lipinski definition) is 1. The van der Waals surface area contributed by atoms with Gasteiger partial charge in [0, 0.05) is 5.92 Å². The minimum absolute atomic E-state index is 0.161. The van der Waals surface area contributed by atoms with Gasteiger partial charge in [-0.2, -0.15) is 0 Å². The average Bonchev–Trinajstić information content (AvgIpc) is 2.57. The van der Waals surface area contributed by atoms with Crippen molar-refractivity contribution >= 4 is 5.78 Å². The molecule has 2 rings (SSSR count). The molecule has 0 aromatic heterocycles. The number of Topliss-reactive ketones (excluding diaryl/α,β-unsaturated/α-hetero) is 1. The van der Waals surface area contributed by atoms with Crippen LogP contribution in [0, 0.1) is 23.0 Å². The molecule has 17 heavy (non-hydrogen) atoms. The fourth-order valence-electron chi connectivity index (χ4n) is 2.72. The van der Waals surface area contributed by atoms with Crippen molar-refractivity contribution in [3.05, 3.63) is 35.4 Å². The summed E-state index contributed by atoms with van der Waals surface area (Å²) in [5, 5.41) is 0. The third kappa shape index (κ3) is 2.11. The van der Waals surface area contributed by atoms with E-state index in [0.29, 0.717) is 0 Å². The minimum atomic E-state index is -0.752. The molecule has 1 aliphatic rings. The zero-order valence-corrected chi connectivity index (χ0v) is 10.1. The van der Waals surface area contributed by atoms with E-state index in [4.69, 9.17) is 0 Å². The lowest BCUT2D eigenvalue weighted by molar-refractivity contribution is 0.0830. The Bertz CT molecular complexity index is 431. The van der Waals surface area contributed by atoms with Crippen LogP contribution >= 0.6 is 0 Å². The normalized spacial score (nSPS) is 22.7. The van der Waals surface area contributed by atoms with Crippen LogP contribution in [-0.4, -0.2) is 5.78 Å². The molecule has 1 atom stereocenters. The smallest absolute Gasteiger partial charge is 0.172 e. The van der Waals surface area contributed by atoms with E-state index in [1.807, 2.05) is 13.8 Å². The van der Waals surface area contributed by atoms with Crippen molar-refractivity contribution in [3.8, 4) is 0 Å². The molecule has 0 spiro atoms. The molecule has 1 nitrogen and oxygen atoms in total. The topological polar surface area (TPSA) is 17.1 Å². The van der Waals surface area contributed by atoms with Gasteiger partial charge in [0.25, 0.3) is 0 Å². The molecule has 1 saturated carbocycles. The van der Waals surface area contributed by atoms with Crippen molar-refractivity contribution in [3.63, 3.8) is 0 Å². The third-order valence-corrected chi connectivity index (χ3v) is 3.78. The summed E-state index contributed by atoms with van der Waals surface area (Å²) in [5.41, 5.74) is -0.529. The van der Waals surface area contributed by atoms with Crippen LogP contribution in [0.3, 0.4) is 0 Å². The van der Waals surface area contributed by atoms with Crippen LogP contribution in [0.2, 0.25) is 0 Å². The number of carbonyl (C=O) groups excluding carboxylic acids is 1. The highest BCUT2D eigenvalue weighted by Crippen LogP contribution is 2.44. The number of benzene rings is 1. The summed E-state index contributed by atoms with van der Waals surface area (Å²) in [5.74, 6) is -2.16. The summed E-state index contributed by atoms with van der Waals surface area (Å²) in [4.78, 5) is 12.2. The Hall–Kier alpha value is -1.25. The molecule has 0 N–H and O–H groups in total. The van der Waals surface area contributed by atoms with Crippen molar-refractivity contribution in [2.24, 2.45) is 11.3 Å². The largest absolute Gasteiger partial charge is 0.294 e. The van der Waals surface area contributed by atoms with Gasteiger partial charge in [0.15, 0.2) is 5.78 Å². The summed E-state index contributed by atoms with van der Waals surface area (Å²) in [6.45, 7) is 3.97. The summed E-state index contributed by atoms with van der Waals surface area (Å²) < 4.78 is 27.1. The highest BCUT2D eigenvalue weighted by Gasteiger charge is 2.40. The second kappa shape index (κ2) is 4.21. The van der Waals surface area contributed by atoms with E-state index in [9.17, 15) is 13.6 Å². The monoisotopic (exact) mass is 238 g/mol. The van der Waals surface area contributed by atoms with Gasteiger partial charge in [-0.3, -0.25) is 4.79 Å². The van der Waals surface area contributed by atoms with Crippen LogP contribution in [-0.2, 0) is 0 Å². The molecule has 1 unspecified atom stereocenters. The van der Waals surface area contributed by atoms with Gasteiger partial charge in [-0.15, -0.1) is 0 Å². The van der Waals surface area contributed by atoms with Crippen molar-refractivity contribution in [1.29, 1.82) is 0 Å². The Morgan fingerprint density at radius 3 is 2.35 bits per heavy atom. The Morgan fingerprint density at radius 1 is 1.29 bits per heavy atom. The van der Waals surface area contributed by atoms with Gasteiger partial charge in [-0.05, 0) is 30.4 Å². The predicted octanol–water partition coefficient (Wildman–Crippen LogP) is 3.97. The number of hydrogen-bond donors (Lipinski definition) is 0. The first kappa shape index (κ1) is 12.2. The lowest BCUT2D eigenvalue weighted by Gasteiger charge is -2.25. The van der Waals surface area contributed by atoms with Crippen LogP contribution in [0.15, 0.2) is 18.2 Å². The van der Waals surface area contributed by atoms with Gasteiger partial charge in [-0.1, -0.05) is 26.3 Å². The SMILES string of the molecule is CC1(C)CCCC1C(=O)c1c(F)cccc1F. The molecule has 1 fully saturated rings. The average molecular weight is 238 g/mol. The first-order valence-electron chi connectivity index (χ1n) is 5.92. The molecule has 0 radical (unpaired) electrons. The van der Waals surface area contributed by atoms with Crippen LogP contribution in [0.5, 0.6) is 0 Å². The Kier molecular flexibility index (Phi) is 3.02. The van der Waals surface area contributed by atoms with Gasteiger partial charge in [0.2, 0.25) is 0 Å². The number of rotatable bonds is 2. The minimum Gasteiger partial charge on any atom is -0.294 e. The van der Waals surface area contributed by atoms with E-state index in [2.05, 4.69) is 0 Å². The van der Waals surface area contributed by atoms with Crippen molar-refractivity contribution in [2.45, 2.75) is 33.1 Å². The maximum absolute atomic E-state index is 13.5. The van der Waals surface area contributed by atoms with E-state index in [1.54, 1.807) is 0 Å². The third-order valence-electron chi connectivity index (χ3n) is 3.78. The molecule has 1 aromatic rings. The van der Waals surface area contributed by atoms with Crippen LogP contribution in [0.25, 0.3) is 0 Å². The number of ketones is 1. The predicted molar refractivity (Wildman–Crippen MR) is 61.8 cm³/mol. The van der Waals surface area contributed by atoms with Gasteiger partial charge in [-0.25, -0.2) is 8.78 Å². The molecular weight excluding hydrogens is 222 g/mol. The van der Waals surface area contributed by atoms with E-state index in [-0.39, 0.29) is 22.7 Å². The Labute approximate surface area is 99.8 Å². The maximum Gasteiger partial charge on any atom is 0.172 e. The quantitative estimate of drug-likeness (QED) is 0.712. The standard InChI is InChI=1S/C14H16F2O/c1-14(2)8-4-5-9(14)13(17)12-10(15)6-3-7-11(12)16/h3,6-7,9H,4-5,8H2,1-2H3. The first-order valence-corrected chi connectivity index (χ1v) is 5.92. The van der Waals surface area contributed by atoms with Crippen molar-refractivity contribution in [2.75, 3.05) is 0 Å². The molecule has 0 bridgehead atoms. The summed E-state index contributed by atoms with van der Waals surface area (Å²) in [6.07, 6.45) is 2.60. The van der Waals surface area contributed by atoms with Gasteiger partial charge in [0.1, 0.15) is 11.6 Å². The summed E-state index contributed by atoms with van der Waals surface area (Å²) in [7, 11) is 0. The summed E-state index contributed by atoms with van der Waals surface area (Å²) in [6, 6.07) is 3.55. The molecule has 1 aromatic carbocycles. The van der Waals surface area contributed by atoms with Gasteiger partial charge < -0.3 is 0 Å². The second-order valence-electron chi connectivity index (χ2n) is 5.39. The number of carbonyl (C=O) groups is 1. The molecule has 0 amide bonds.